The average Bonchev–Trinajstić information content (AvgIpc) is 3.43. The first-order valence-electron chi connectivity index (χ1n) is 9.69. The van der Waals surface area contributed by atoms with Gasteiger partial charge in [0.1, 0.15) is 5.82 Å². The minimum absolute atomic E-state index is 0.0261. The molecule has 0 amide bonds. The van der Waals surface area contributed by atoms with Crippen LogP contribution in [0.25, 0.3) is 0 Å². The minimum Gasteiger partial charge on any atom is -0.396 e. The minimum atomic E-state index is -0.447. The topological polar surface area (TPSA) is 87.5 Å². The summed E-state index contributed by atoms with van der Waals surface area (Å²) in [6, 6.07) is 2.64. The van der Waals surface area contributed by atoms with Gasteiger partial charge in [-0.05, 0) is 50.5 Å². The Morgan fingerprint density at radius 2 is 1.96 bits per heavy atom. The van der Waals surface area contributed by atoms with Crippen molar-refractivity contribution >= 4 is 0 Å². The maximum absolute atomic E-state index is 10.4. The molecule has 4 rings (SSSR count). The summed E-state index contributed by atoms with van der Waals surface area (Å²) in [6.45, 7) is 1.63. The summed E-state index contributed by atoms with van der Waals surface area (Å²) >= 11 is 0. The molecule has 1 aromatic rings. The Morgan fingerprint density at radius 3 is 2.68 bits per heavy atom. The molecule has 3 fully saturated rings. The Balaban J connectivity index is 1.47. The van der Waals surface area contributed by atoms with E-state index in [9.17, 15) is 10.2 Å². The molecule has 138 valence electrons. The van der Waals surface area contributed by atoms with E-state index in [0.717, 1.165) is 44.0 Å². The highest BCUT2D eigenvalue weighted by molar-refractivity contribution is 5.12. The zero-order valence-corrected chi connectivity index (χ0v) is 14.7. The van der Waals surface area contributed by atoms with E-state index < -0.39 is 6.10 Å². The molecule has 4 atom stereocenters. The Hall–Kier alpha value is -1.08. The van der Waals surface area contributed by atoms with Gasteiger partial charge in [0.25, 0.3) is 0 Å². The average molecular weight is 347 g/mol. The van der Waals surface area contributed by atoms with Gasteiger partial charge in [0.05, 0.1) is 6.10 Å². The molecule has 1 saturated heterocycles. The molecule has 0 spiro atoms. The first kappa shape index (κ1) is 17.3. The van der Waals surface area contributed by atoms with E-state index in [4.69, 9.17) is 9.72 Å². The summed E-state index contributed by atoms with van der Waals surface area (Å²) in [6.07, 6.45) is 7.31. The molecule has 2 heterocycles. The van der Waals surface area contributed by atoms with Crippen LogP contribution in [0.5, 0.6) is 0 Å². The van der Waals surface area contributed by atoms with Crippen LogP contribution in [0, 0.1) is 11.8 Å². The van der Waals surface area contributed by atoms with E-state index in [0.29, 0.717) is 18.4 Å². The van der Waals surface area contributed by atoms with Crippen LogP contribution in [0.2, 0.25) is 0 Å². The second-order valence-electron chi connectivity index (χ2n) is 7.86. The van der Waals surface area contributed by atoms with Crippen molar-refractivity contribution in [2.24, 2.45) is 11.8 Å². The van der Waals surface area contributed by atoms with Crippen molar-refractivity contribution in [2.45, 2.75) is 62.6 Å². The Morgan fingerprint density at radius 1 is 1.16 bits per heavy atom. The van der Waals surface area contributed by atoms with Gasteiger partial charge >= 0.3 is 0 Å². The second kappa shape index (κ2) is 7.66. The maximum Gasteiger partial charge on any atom is 0.131 e. The van der Waals surface area contributed by atoms with Crippen molar-refractivity contribution in [3.63, 3.8) is 0 Å². The lowest BCUT2D eigenvalue weighted by atomic mass is 9.88. The van der Waals surface area contributed by atoms with E-state index in [1.807, 2.05) is 12.3 Å². The summed E-state index contributed by atoms with van der Waals surface area (Å²) in [4.78, 5) is 9.15. The summed E-state index contributed by atoms with van der Waals surface area (Å²) in [5, 5.41) is 24.0. The fourth-order valence-corrected chi connectivity index (χ4v) is 4.41. The lowest BCUT2D eigenvalue weighted by molar-refractivity contribution is 0.0678. The standard InChI is InChI=1S/C19H29N3O3/c23-11-16-15(9-14-3-6-20-19(22-14)12-1-2-12)17(10-18(16)24)21-13-4-7-25-8-5-13/h3,6,12-13,15-18,21,23-24H,1-2,4-5,7-11H2. The Bertz CT molecular complexity index is 575. The van der Waals surface area contributed by atoms with Gasteiger partial charge in [0.15, 0.2) is 0 Å². The summed E-state index contributed by atoms with van der Waals surface area (Å²) in [7, 11) is 0. The molecule has 6 nitrogen and oxygen atoms in total. The predicted octanol–water partition coefficient (Wildman–Crippen LogP) is 1.02. The quantitative estimate of drug-likeness (QED) is 0.712. The van der Waals surface area contributed by atoms with Gasteiger partial charge in [-0.1, -0.05) is 0 Å². The van der Waals surface area contributed by atoms with E-state index >= 15 is 0 Å². The molecule has 0 aromatic carbocycles. The number of nitrogens with zero attached hydrogens (tertiary/aromatic N) is 2. The van der Waals surface area contributed by atoms with Gasteiger partial charge in [-0.2, -0.15) is 0 Å². The van der Waals surface area contributed by atoms with Crippen LogP contribution in [0.4, 0.5) is 0 Å². The zero-order chi connectivity index (χ0) is 17.2. The first-order chi connectivity index (χ1) is 12.2. The normalized spacial score (nSPS) is 33.7. The van der Waals surface area contributed by atoms with Crippen LogP contribution in [-0.4, -0.2) is 58.2 Å². The maximum atomic E-state index is 10.4. The fourth-order valence-electron chi connectivity index (χ4n) is 4.41. The number of hydrogen-bond acceptors (Lipinski definition) is 6. The zero-order valence-electron chi connectivity index (χ0n) is 14.7. The highest BCUT2D eigenvalue weighted by atomic mass is 16.5. The first-order valence-corrected chi connectivity index (χ1v) is 9.69. The molecule has 3 aliphatic rings. The van der Waals surface area contributed by atoms with Gasteiger partial charge in [0.2, 0.25) is 0 Å². The number of ether oxygens (including phenoxy) is 1. The molecule has 2 saturated carbocycles. The van der Waals surface area contributed by atoms with Gasteiger partial charge in [0, 0.05) is 55.6 Å². The number of aromatic nitrogens is 2. The van der Waals surface area contributed by atoms with Crippen molar-refractivity contribution in [3.05, 3.63) is 23.8 Å². The molecule has 25 heavy (non-hydrogen) atoms. The summed E-state index contributed by atoms with van der Waals surface area (Å²) in [5.74, 6) is 1.62. The number of rotatable bonds is 6. The number of aliphatic hydroxyl groups excluding tert-OH is 2. The van der Waals surface area contributed by atoms with E-state index in [1.165, 1.54) is 12.8 Å². The molecule has 0 bridgehead atoms. The largest absolute Gasteiger partial charge is 0.396 e. The number of nitrogens with one attached hydrogen (secondary N) is 1. The molecule has 2 aliphatic carbocycles. The van der Waals surface area contributed by atoms with E-state index in [1.54, 1.807) is 0 Å². The third-order valence-corrected chi connectivity index (χ3v) is 6.06. The molecule has 1 aliphatic heterocycles. The van der Waals surface area contributed by atoms with Crippen molar-refractivity contribution in [1.82, 2.24) is 15.3 Å². The van der Waals surface area contributed by atoms with E-state index in [-0.39, 0.29) is 24.5 Å². The van der Waals surface area contributed by atoms with Gasteiger partial charge in [-0.15, -0.1) is 0 Å². The SMILES string of the molecule is OCC1C(O)CC(NC2CCOCC2)C1Cc1ccnc(C2CC2)n1. The van der Waals surface area contributed by atoms with E-state index in [2.05, 4.69) is 10.3 Å². The van der Waals surface area contributed by atoms with Crippen LogP contribution in [0.1, 0.15) is 49.5 Å². The smallest absolute Gasteiger partial charge is 0.131 e. The van der Waals surface area contributed by atoms with Crippen LogP contribution >= 0.6 is 0 Å². The lowest BCUT2D eigenvalue weighted by Crippen LogP contribution is -2.44. The number of hydrogen-bond donors (Lipinski definition) is 3. The van der Waals surface area contributed by atoms with Gasteiger partial charge < -0.3 is 20.3 Å². The lowest BCUT2D eigenvalue weighted by Gasteiger charge is -2.31. The van der Waals surface area contributed by atoms with Crippen molar-refractivity contribution < 1.29 is 14.9 Å². The summed E-state index contributed by atoms with van der Waals surface area (Å²) in [5.41, 5.74) is 1.04. The monoisotopic (exact) mass is 347 g/mol. The molecule has 3 N–H and O–H groups in total. The van der Waals surface area contributed by atoms with Crippen molar-refractivity contribution in [3.8, 4) is 0 Å². The summed E-state index contributed by atoms with van der Waals surface area (Å²) < 4.78 is 5.45. The number of aliphatic hydroxyl groups is 2. The highest BCUT2D eigenvalue weighted by Crippen LogP contribution is 2.39. The van der Waals surface area contributed by atoms with Gasteiger partial charge in [-0.3, -0.25) is 0 Å². The van der Waals surface area contributed by atoms with Crippen LogP contribution in [0.15, 0.2) is 12.3 Å². The molecule has 6 heteroatoms. The third-order valence-electron chi connectivity index (χ3n) is 6.06. The van der Waals surface area contributed by atoms with Crippen molar-refractivity contribution in [2.75, 3.05) is 19.8 Å². The molecule has 1 aromatic heterocycles. The van der Waals surface area contributed by atoms with Crippen molar-refractivity contribution in [1.29, 1.82) is 0 Å². The van der Waals surface area contributed by atoms with Crippen LogP contribution in [0.3, 0.4) is 0 Å². The molecular weight excluding hydrogens is 318 g/mol. The highest BCUT2D eigenvalue weighted by Gasteiger charge is 2.43. The van der Waals surface area contributed by atoms with Gasteiger partial charge in [-0.25, -0.2) is 9.97 Å². The fraction of sp³-hybridized carbons (Fsp3) is 0.789. The molecular formula is C19H29N3O3. The third kappa shape index (κ3) is 4.03. The second-order valence-corrected chi connectivity index (χ2v) is 7.86. The molecule has 0 radical (unpaired) electrons. The van der Waals surface area contributed by atoms with Crippen LogP contribution in [-0.2, 0) is 11.2 Å². The predicted molar refractivity (Wildman–Crippen MR) is 93.2 cm³/mol. The Labute approximate surface area is 149 Å². The van der Waals surface area contributed by atoms with Crippen LogP contribution < -0.4 is 5.32 Å². The Kier molecular flexibility index (Phi) is 5.31. The molecule has 4 unspecified atom stereocenters.